The van der Waals surface area contributed by atoms with Crippen LogP contribution in [0.15, 0.2) is 0 Å². The summed E-state index contributed by atoms with van der Waals surface area (Å²) in [5.74, 6) is 0. The zero-order valence-electron chi connectivity index (χ0n) is 4.14. The standard InChI is InChI=1S/C3H7.3ClH.Zr/c1-3-2;;;;/h1,3H2,2H3;3*1H;. The Balaban J connectivity index is -0.0000000150. The first-order valence-electron chi connectivity index (χ1n) is 1.56. The van der Waals surface area contributed by atoms with Crippen LogP contribution >= 0.6 is 37.2 Å². The smallest absolute Gasteiger partial charge is 0.147 e. The molecule has 0 fully saturated rings. The minimum atomic E-state index is 0. The average molecular weight is 244 g/mol. The fourth-order valence-electron chi connectivity index (χ4n) is 0. The molecule has 0 aromatic carbocycles. The van der Waals surface area contributed by atoms with Crippen LogP contribution in [0.4, 0.5) is 0 Å². The molecular weight excluding hydrogens is 234 g/mol. The van der Waals surface area contributed by atoms with Crippen molar-refractivity contribution in [1.29, 1.82) is 0 Å². The molecule has 7 heavy (non-hydrogen) atoms. The van der Waals surface area contributed by atoms with E-state index in [4.69, 9.17) is 0 Å². The van der Waals surface area contributed by atoms with Crippen LogP contribution in [0, 0.1) is 0 Å². The van der Waals surface area contributed by atoms with Crippen molar-refractivity contribution in [3.63, 3.8) is 0 Å². The molecule has 0 aliphatic rings. The Kier molecular flexibility index (Phi) is 83.5. The van der Waals surface area contributed by atoms with E-state index in [1.807, 2.05) is 0 Å². The topological polar surface area (TPSA) is 0 Å². The maximum atomic E-state index is 2.20. The van der Waals surface area contributed by atoms with Gasteiger partial charge < -0.3 is 0 Å². The predicted octanol–water partition coefficient (Wildman–Crippen LogP) is 2.63. The monoisotopic (exact) mass is 241 g/mol. The molecule has 0 amide bonds. The molecule has 0 aromatic rings. The molecule has 0 spiro atoms. The first-order valence-corrected chi connectivity index (χ1v) is 3.30. The van der Waals surface area contributed by atoms with Crippen molar-refractivity contribution >= 4 is 37.2 Å². The fraction of sp³-hybridized carbons (Fsp3) is 1.00. The summed E-state index contributed by atoms with van der Waals surface area (Å²) >= 11 is 1.67. The van der Waals surface area contributed by atoms with Gasteiger partial charge in [0.25, 0.3) is 0 Å². The Morgan fingerprint density at radius 2 is 1.29 bits per heavy atom. The molecule has 0 aliphatic heterocycles. The van der Waals surface area contributed by atoms with Gasteiger partial charge >= 0.3 is 42.2 Å². The van der Waals surface area contributed by atoms with E-state index in [0.29, 0.717) is 0 Å². The number of halogens is 3. The van der Waals surface area contributed by atoms with Gasteiger partial charge in [-0.2, -0.15) is 0 Å². The van der Waals surface area contributed by atoms with Gasteiger partial charge in [-0.15, -0.1) is 37.2 Å². The van der Waals surface area contributed by atoms with Crippen LogP contribution in [0.5, 0.6) is 0 Å². The Hall–Kier alpha value is 1.75. The third-order valence-electron chi connectivity index (χ3n) is 0.250. The molecule has 0 heterocycles. The summed E-state index contributed by atoms with van der Waals surface area (Å²) in [5.41, 5.74) is 0. The van der Waals surface area contributed by atoms with Gasteiger partial charge in [-0.1, -0.05) is 0 Å². The maximum Gasteiger partial charge on any atom is -0.147 e. The molecule has 0 rings (SSSR count). The van der Waals surface area contributed by atoms with Crippen molar-refractivity contribution in [2.45, 2.75) is 17.5 Å². The zero-order chi connectivity index (χ0) is 3.41. The summed E-state index contributed by atoms with van der Waals surface area (Å²) in [6.07, 6.45) is 1.36. The average Bonchev–Trinajstić information content (AvgIpc) is 1.37. The van der Waals surface area contributed by atoms with Crippen LogP contribution in [0.2, 0.25) is 4.13 Å². The molecule has 4 heteroatoms. The van der Waals surface area contributed by atoms with E-state index < -0.39 is 0 Å². The van der Waals surface area contributed by atoms with Crippen molar-refractivity contribution in [3.8, 4) is 0 Å². The Morgan fingerprint density at radius 3 is 1.29 bits per heavy atom. The van der Waals surface area contributed by atoms with Gasteiger partial charge in [0.1, 0.15) is 0 Å². The number of hydrogen-bond donors (Lipinski definition) is 0. The molecular formula is C3H10Cl3Zr. The normalized spacial score (nSPS) is 4.00. The summed E-state index contributed by atoms with van der Waals surface area (Å²) in [5, 5.41) is 0. The van der Waals surface area contributed by atoms with Gasteiger partial charge in [-0.25, -0.2) is 0 Å². The van der Waals surface area contributed by atoms with Gasteiger partial charge in [-0.05, 0) is 0 Å². The third-order valence-corrected chi connectivity index (χ3v) is 1.48. The van der Waals surface area contributed by atoms with Gasteiger partial charge in [0.15, 0.2) is 0 Å². The molecule has 47 valence electrons. The van der Waals surface area contributed by atoms with Gasteiger partial charge in [0.2, 0.25) is 0 Å². The second kappa shape index (κ2) is 25.1. The molecule has 0 unspecified atom stereocenters. The predicted molar refractivity (Wildman–Crippen MR) is 36.8 cm³/mol. The Morgan fingerprint density at radius 1 is 1.14 bits per heavy atom. The minimum Gasteiger partial charge on any atom is -0.147 e. The first kappa shape index (κ1) is 23.3. The van der Waals surface area contributed by atoms with Crippen LogP contribution in [-0.4, -0.2) is 0 Å². The van der Waals surface area contributed by atoms with Crippen LogP contribution in [0.1, 0.15) is 13.3 Å². The molecule has 0 saturated heterocycles. The molecule has 0 nitrogen and oxygen atoms in total. The fourth-order valence-corrected chi connectivity index (χ4v) is 0. The Labute approximate surface area is 78.9 Å². The van der Waals surface area contributed by atoms with Crippen LogP contribution in [0.25, 0.3) is 0 Å². The molecule has 0 aliphatic carbocycles. The van der Waals surface area contributed by atoms with E-state index in [-0.39, 0.29) is 37.2 Å². The molecule has 0 atom stereocenters. The van der Waals surface area contributed by atoms with Crippen molar-refractivity contribution in [3.05, 3.63) is 0 Å². The molecule has 0 saturated carbocycles. The van der Waals surface area contributed by atoms with Crippen molar-refractivity contribution in [2.75, 3.05) is 0 Å². The van der Waals surface area contributed by atoms with E-state index >= 15 is 0 Å². The summed E-state index contributed by atoms with van der Waals surface area (Å²) in [6.45, 7) is 2.20. The van der Waals surface area contributed by atoms with Crippen LogP contribution in [-0.2, 0) is 24.7 Å². The van der Waals surface area contributed by atoms with E-state index in [1.165, 1.54) is 10.5 Å². The summed E-state index contributed by atoms with van der Waals surface area (Å²) < 4.78 is 1.41. The summed E-state index contributed by atoms with van der Waals surface area (Å²) in [4.78, 5) is 0. The molecule has 0 radical (unpaired) electrons. The van der Waals surface area contributed by atoms with E-state index in [9.17, 15) is 0 Å². The summed E-state index contributed by atoms with van der Waals surface area (Å²) in [7, 11) is 0. The van der Waals surface area contributed by atoms with Crippen molar-refractivity contribution < 1.29 is 24.7 Å². The molecule has 0 bridgehead atoms. The SMILES string of the molecule is CC[CH2][Zr].Cl.Cl.Cl. The molecule has 0 N–H and O–H groups in total. The van der Waals surface area contributed by atoms with E-state index in [2.05, 4.69) is 6.92 Å². The van der Waals surface area contributed by atoms with E-state index in [0.717, 1.165) is 0 Å². The van der Waals surface area contributed by atoms with Gasteiger partial charge in [0.05, 0.1) is 0 Å². The maximum absolute atomic E-state index is 2.20. The Bertz CT molecular complexity index is 12.1. The van der Waals surface area contributed by atoms with E-state index in [1.54, 1.807) is 24.7 Å². The van der Waals surface area contributed by atoms with Gasteiger partial charge in [0, 0.05) is 0 Å². The van der Waals surface area contributed by atoms with Crippen LogP contribution in [0.3, 0.4) is 0 Å². The van der Waals surface area contributed by atoms with Gasteiger partial charge in [-0.3, -0.25) is 0 Å². The quantitative estimate of drug-likeness (QED) is 0.664. The molecule has 0 aromatic heterocycles. The van der Waals surface area contributed by atoms with Crippen LogP contribution < -0.4 is 0 Å². The zero-order valence-corrected chi connectivity index (χ0v) is 9.05. The number of rotatable bonds is 1. The summed E-state index contributed by atoms with van der Waals surface area (Å²) in [6, 6.07) is 0. The second-order valence-corrected chi connectivity index (χ2v) is 1.98. The third kappa shape index (κ3) is 33.9. The van der Waals surface area contributed by atoms with Crippen molar-refractivity contribution in [2.24, 2.45) is 0 Å². The van der Waals surface area contributed by atoms with Crippen molar-refractivity contribution in [1.82, 2.24) is 0 Å². The second-order valence-electron chi connectivity index (χ2n) is 0.750. The first-order chi connectivity index (χ1) is 1.91. The number of hydrogen-bond acceptors (Lipinski definition) is 0. The largest absolute Gasteiger partial charge is 0.147 e. The minimum absolute atomic E-state index is 0.